The van der Waals surface area contributed by atoms with Gasteiger partial charge in [0.05, 0.1) is 0 Å². The average molecular weight is 243 g/mol. The number of fused-ring (bicyclic) bond motifs is 1. The summed E-state index contributed by atoms with van der Waals surface area (Å²) in [5.74, 6) is 1.66. The second-order valence-corrected chi connectivity index (χ2v) is 5.09. The summed E-state index contributed by atoms with van der Waals surface area (Å²) in [4.78, 5) is 6.66. The molecule has 94 valence electrons. The van der Waals surface area contributed by atoms with Crippen LogP contribution < -0.4 is 10.6 Å². The largest absolute Gasteiger partial charge is 0.508 e. The molecule has 2 heterocycles. The van der Waals surface area contributed by atoms with Gasteiger partial charge in [-0.3, -0.25) is 0 Å². The summed E-state index contributed by atoms with van der Waals surface area (Å²) in [5, 5.41) is 11.7. The van der Waals surface area contributed by atoms with Crippen LogP contribution in [0.2, 0.25) is 0 Å². The van der Waals surface area contributed by atoms with Crippen LogP contribution in [0.25, 0.3) is 10.8 Å². The van der Waals surface area contributed by atoms with Gasteiger partial charge in [0, 0.05) is 30.7 Å². The van der Waals surface area contributed by atoms with E-state index < -0.39 is 0 Å². The predicted octanol–water partition coefficient (Wildman–Crippen LogP) is 1.72. The lowest BCUT2D eigenvalue weighted by Gasteiger charge is -2.19. The van der Waals surface area contributed by atoms with E-state index in [1.807, 2.05) is 18.3 Å². The Labute approximate surface area is 106 Å². The van der Waals surface area contributed by atoms with Gasteiger partial charge in [-0.1, -0.05) is 13.0 Å². The average Bonchev–Trinajstić information content (AvgIpc) is 2.68. The molecule has 3 rings (SSSR count). The van der Waals surface area contributed by atoms with Crippen LogP contribution in [0.5, 0.6) is 5.75 Å². The quantitative estimate of drug-likeness (QED) is 0.800. The summed E-state index contributed by atoms with van der Waals surface area (Å²) < 4.78 is 0. The highest BCUT2D eigenvalue weighted by atomic mass is 16.3. The fraction of sp³-hybridized carbons (Fsp3) is 0.357. The Kier molecular flexibility index (Phi) is 2.59. The van der Waals surface area contributed by atoms with Crippen LogP contribution in [-0.2, 0) is 0 Å². The minimum Gasteiger partial charge on any atom is -0.508 e. The molecule has 2 atom stereocenters. The van der Waals surface area contributed by atoms with Gasteiger partial charge in [0.15, 0.2) is 0 Å². The summed E-state index contributed by atoms with van der Waals surface area (Å²) in [7, 11) is 0. The number of rotatable bonds is 1. The fourth-order valence-electron chi connectivity index (χ4n) is 2.56. The zero-order valence-corrected chi connectivity index (χ0v) is 10.4. The molecule has 0 amide bonds. The maximum Gasteiger partial charge on any atom is 0.136 e. The van der Waals surface area contributed by atoms with Gasteiger partial charge in [-0.15, -0.1) is 0 Å². The molecule has 0 bridgehead atoms. The molecule has 4 nitrogen and oxygen atoms in total. The van der Waals surface area contributed by atoms with Crippen LogP contribution in [0.4, 0.5) is 5.82 Å². The maximum atomic E-state index is 9.63. The van der Waals surface area contributed by atoms with Gasteiger partial charge in [-0.2, -0.15) is 0 Å². The lowest BCUT2D eigenvalue weighted by molar-refractivity contribution is 0.476. The molecule has 0 saturated carbocycles. The molecular formula is C14H17N3O. The van der Waals surface area contributed by atoms with Crippen molar-refractivity contribution < 1.29 is 5.11 Å². The third-order valence-corrected chi connectivity index (χ3v) is 3.70. The Bertz CT molecular complexity index is 574. The Balaban J connectivity index is 2.09. The lowest BCUT2D eigenvalue weighted by atomic mass is 10.1. The number of anilines is 1. The second kappa shape index (κ2) is 4.14. The third-order valence-electron chi connectivity index (χ3n) is 3.70. The Hall–Kier alpha value is -1.81. The Morgan fingerprint density at radius 3 is 2.89 bits per heavy atom. The number of aromatic hydroxyl groups is 1. The molecule has 4 heteroatoms. The van der Waals surface area contributed by atoms with Crippen molar-refractivity contribution in [3.8, 4) is 5.75 Å². The van der Waals surface area contributed by atoms with E-state index in [0.29, 0.717) is 5.92 Å². The smallest absolute Gasteiger partial charge is 0.136 e. The molecule has 2 aromatic rings. The maximum absolute atomic E-state index is 9.63. The SMILES string of the molecule is CC1CN(c2nccc3ccc(O)cc23)CC1N. The molecule has 0 aliphatic carbocycles. The summed E-state index contributed by atoms with van der Waals surface area (Å²) in [5.41, 5.74) is 6.06. The van der Waals surface area contributed by atoms with Gasteiger partial charge < -0.3 is 15.7 Å². The van der Waals surface area contributed by atoms with Crippen LogP contribution in [0.3, 0.4) is 0 Å². The molecule has 1 aromatic carbocycles. The number of hydrogen-bond acceptors (Lipinski definition) is 4. The van der Waals surface area contributed by atoms with Gasteiger partial charge in [-0.25, -0.2) is 4.98 Å². The number of phenolic OH excluding ortho intramolecular Hbond substituents is 1. The molecular weight excluding hydrogens is 226 g/mol. The number of phenols is 1. The van der Waals surface area contributed by atoms with Crippen molar-refractivity contribution in [2.45, 2.75) is 13.0 Å². The Morgan fingerprint density at radius 1 is 1.33 bits per heavy atom. The highest BCUT2D eigenvalue weighted by Crippen LogP contribution is 2.30. The fourth-order valence-corrected chi connectivity index (χ4v) is 2.56. The van der Waals surface area contributed by atoms with E-state index in [4.69, 9.17) is 5.73 Å². The van der Waals surface area contributed by atoms with Crippen LogP contribution in [0.1, 0.15) is 6.92 Å². The normalized spacial score (nSPS) is 23.8. The van der Waals surface area contributed by atoms with Crippen molar-refractivity contribution in [2.24, 2.45) is 11.7 Å². The Morgan fingerprint density at radius 2 is 2.17 bits per heavy atom. The lowest BCUT2D eigenvalue weighted by Crippen LogP contribution is -2.28. The van der Waals surface area contributed by atoms with Gasteiger partial charge in [0.1, 0.15) is 11.6 Å². The highest BCUT2D eigenvalue weighted by Gasteiger charge is 2.28. The summed E-state index contributed by atoms with van der Waals surface area (Å²) in [6, 6.07) is 7.53. The van der Waals surface area contributed by atoms with Crippen molar-refractivity contribution in [2.75, 3.05) is 18.0 Å². The van der Waals surface area contributed by atoms with E-state index in [-0.39, 0.29) is 11.8 Å². The van der Waals surface area contributed by atoms with E-state index in [0.717, 1.165) is 29.7 Å². The first-order valence-corrected chi connectivity index (χ1v) is 6.23. The number of pyridine rings is 1. The van der Waals surface area contributed by atoms with E-state index in [2.05, 4.69) is 16.8 Å². The predicted molar refractivity (Wildman–Crippen MR) is 72.8 cm³/mol. The molecule has 2 unspecified atom stereocenters. The van der Waals surface area contributed by atoms with E-state index >= 15 is 0 Å². The van der Waals surface area contributed by atoms with E-state index in [1.165, 1.54) is 0 Å². The summed E-state index contributed by atoms with van der Waals surface area (Å²) >= 11 is 0. The molecule has 0 radical (unpaired) electrons. The molecule has 1 aliphatic rings. The third kappa shape index (κ3) is 1.78. The van der Waals surface area contributed by atoms with Crippen molar-refractivity contribution >= 4 is 16.6 Å². The zero-order valence-electron chi connectivity index (χ0n) is 10.4. The van der Waals surface area contributed by atoms with Gasteiger partial charge in [0.25, 0.3) is 0 Å². The topological polar surface area (TPSA) is 62.4 Å². The molecule has 3 N–H and O–H groups in total. The number of hydrogen-bond donors (Lipinski definition) is 2. The van der Waals surface area contributed by atoms with Crippen molar-refractivity contribution in [3.05, 3.63) is 30.5 Å². The van der Waals surface area contributed by atoms with Crippen molar-refractivity contribution in [1.29, 1.82) is 0 Å². The molecule has 18 heavy (non-hydrogen) atoms. The van der Waals surface area contributed by atoms with Crippen molar-refractivity contribution in [3.63, 3.8) is 0 Å². The number of nitrogens with two attached hydrogens (primary N) is 1. The molecule has 1 aromatic heterocycles. The minimum absolute atomic E-state index is 0.194. The number of nitrogens with zero attached hydrogens (tertiary/aromatic N) is 2. The van der Waals surface area contributed by atoms with Gasteiger partial charge in [0.2, 0.25) is 0 Å². The number of benzene rings is 1. The first-order chi connectivity index (χ1) is 8.65. The van der Waals surface area contributed by atoms with Crippen LogP contribution >= 0.6 is 0 Å². The van der Waals surface area contributed by atoms with Gasteiger partial charge >= 0.3 is 0 Å². The highest BCUT2D eigenvalue weighted by molar-refractivity contribution is 5.93. The molecule has 0 spiro atoms. The van der Waals surface area contributed by atoms with Crippen LogP contribution in [0.15, 0.2) is 30.5 Å². The molecule has 1 saturated heterocycles. The standard InChI is InChI=1S/C14H17N3O/c1-9-7-17(8-13(9)15)14-12-6-11(18)3-2-10(12)4-5-16-14/h2-6,9,13,18H,7-8,15H2,1H3. The van der Waals surface area contributed by atoms with E-state index in [9.17, 15) is 5.11 Å². The van der Waals surface area contributed by atoms with Crippen LogP contribution in [-0.4, -0.2) is 29.2 Å². The second-order valence-electron chi connectivity index (χ2n) is 5.09. The van der Waals surface area contributed by atoms with Gasteiger partial charge in [-0.05, 0) is 29.5 Å². The summed E-state index contributed by atoms with van der Waals surface area (Å²) in [6.45, 7) is 3.90. The summed E-state index contributed by atoms with van der Waals surface area (Å²) in [6.07, 6.45) is 1.81. The minimum atomic E-state index is 0.194. The van der Waals surface area contributed by atoms with Crippen LogP contribution in [0, 0.1) is 5.92 Å². The van der Waals surface area contributed by atoms with Crippen molar-refractivity contribution in [1.82, 2.24) is 4.98 Å². The first kappa shape index (κ1) is 11.3. The zero-order chi connectivity index (χ0) is 12.7. The molecule has 1 fully saturated rings. The van der Waals surface area contributed by atoms with E-state index in [1.54, 1.807) is 12.1 Å². The monoisotopic (exact) mass is 243 g/mol. The number of aromatic nitrogens is 1. The first-order valence-electron chi connectivity index (χ1n) is 6.23. The molecule has 1 aliphatic heterocycles.